The van der Waals surface area contributed by atoms with E-state index in [2.05, 4.69) is 10.6 Å². The first-order valence-corrected chi connectivity index (χ1v) is 9.20. The van der Waals surface area contributed by atoms with Crippen molar-refractivity contribution in [2.45, 2.75) is 20.8 Å². The number of anilines is 1. The molecule has 2 rings (SSSR count). The third-order valence-corrected chi connectivity index (χ3v) is 4.33. The van der Waals surface area contributed by atoms with Gasteiger partial charge in [0.25, 0.3) is 5.91 Å². The predicted octanol–water partition coefficient (Wildman–Crippen LogP) is 2.96. The van der Waals surface area contributed by atoms with Gasteiger partial charge in [-0.25, -0.2) is 0 Å². The average Bonchev–Trinajstić information content (AvgIpc) is 2.64. The molecule has 0 unspecified atom stereocenters. The minimum atomic E-state index is -0.165. The smallest absolute Gasteiger partial charge is 0.266 e. The number of carbonyl (C=O) groups is 2. The number of halogens is 2. The molecule has 0 spiro atoms. The average molecular weight is 418 g/mol. The molecule has 0 atom stereocenters. The summed E-state index contributed by atoms with van der Waals surface area (Å²) < 4.78 is 10.5. The van der Waals surface area contributed by atoms with Crippen molar-refractivity contribution in [1.29, 1.82) is 0 Å². The van der Waals surface area contributed by atoms with Gasteiger partial charge in [-0.15, -0.1) is 0 Å². The van der Waals surface area contributed by atoms with Crippen molar-refractivity contribution in [3.8, 4) is 5.75 Å². The van der Waals surface area contributed by atoms with Crippen LogP contribution in [0.15, 0.2) is 17.3 Å². The Morgan fingerprint density at radius 1 is 1.37 bits per heavy atom. The van der Waals surface area contributed by atoms with Gasteiger partial charge in [0, 0.05) is 31.8 Å². The topological polar surface area (TPSA) is 79.9 Å². The SMILES string of the molecule is CCN/C(Cl)=C(\C)c1cc2c(cc1Cl)OCC(=O)N2COC.CCNC=O. The molecular formula is C18H25Cl2N3O4. The first kappa shape index (κ1) is 23.1. The van der Waals surface area contributed by atoms with Crippen molar-refractivity contribution in [1.82, 2.24) is 10.6 Å². The standard InChI is InChI=1S/C15H18Cl2N2O3.C3H7NO/c1-4-18-15(17)9(2)10-5-12-13(6-11(10)16)22-7-14(20)19(12)8-21-3;1-2-4-3-5/h5-6,18H,4,7-8H2,1-3H3;3H,2H2,1H3,(H,4,5)/b15-9+;. The van der Waals surface area contributed by atoms with Crippen molar-refractivity contribution in [3.63, 3.8) is 0 Å². The highest BCUT2D eigenvalue weighted by Crippen LogP contribution is 2.39. The molecule has 0 radical (unpaired) electrons. The fraction of sp³-hybridized carbons (Fsp3) is 0.444. The third-order valence-electron chi connectivity index (χ3n) is 3.60. The number of methoxy groups -OCH3 is 1. The monoisotopic (exact) mass is 417 g/mol. The molecule has 150 valence electrons. The van der Waals surface area contributed by atoms with Crippen LogP contribution in [-0.2, 0) is 14.3 Å². The summed E-state index contributed by atoms with van der Waals surface area (Å²) in [4.78, 5) is 22.8. The van der Waals surface area contributed by atoms with Gasteiger partial charge in [-0.2, -0.15) is 0 Å². The van der Waals surface area contributed by atoms with Crippen LogP contribution in [0.5, 0.6) is 5.75 Å². The van der Waals surface area contributed by atoms with Crippen LogP contribution in [0.25, 0.3) is 5.57 Å². The molecule has 2 N–H and O–H groups in total. The number of nitrogens with one attached hydrogen (secondary N) is 2. The minimum absolute atomic E-state index is 0.0288. The molecule has 1 aliphatic heterocycles. The molecule has 0 aliphatic carbocycles. The Kier molecular flexibility index (Phi) is 9.99. The summed E-state index contributed by atoms with van der Waals surface area (Å²) in [5.41, 5.74) is 2.16. The number of allylic oxidation sites excluding steroid dienone is 1. The Morgan fingerprint density at radius 3 is 2.59 bits per heavy atom. The lowest BCUT2D eigenvalue weighted by atomic mass is 10.1. The first-order chi connectivity index (χ1) is 12.9. The Bertz CT molecular complexity index is 695. The molecular weight excluding hydrogens is 393 g/mol. The summed E-state index contributed by atoms with van der Waals surface area (Å²) >= 11 is 12.5. The van der Waals surface area contributed by atoms with Crippen molar-refractivity contribution in [2.24, 2.45) is 0 Å². The van der Waals surface area contributed by atoms with E-state index in [1.54, 1.807) is 12.1 Å². The maximum Gasteiger partial charge on any atom is 0.266 e. The molecule has 1 aromatic carbocycles. The maximum atomic E-state index is 12.0. The molecule has 1 aliphatic rings. The highest BCUT2D eigenvalue weighted by atomic mass is 35.5. The number of benzene rings is 1. The normalized spacial score (nSPS) is 13.6. The van der Waals surface area contributed by atoms with E-state index in [0.29, 0.717) is 34.6 Å². The van der Waals surface area contributed by atoms with Crippen LogP contribution in [0.1, 0.15) is 26.3 Å². The lowest BCUT2D eigenvalue weighted by Gasteiger charge is -2.29. The van der Waals surface area contributed by atoms with E-state index >= 15 is 0 Å². The van der Waals surface area contributed by atoms with Gasteiger partial charge in [0.05, 0.1) is 10.7 Å². The lowest BCUT2D eigenvalue weighted by Crippen LogP contribution is -2.40. The van der Waals surface area contributed by atoms with Crippen LogP contribution in [0.2, 0.25) is 5.02 Å². The van der Waals surface area contributed by atoms with Crippen LogP contribution in [0.4, 0.5) is 5.69 Å². The molecule has 9 heteroatoms. The predicted molar refractivity (Wildman–Crippen MR) is 108 cm³/mol. The van der Waals surface area contributed by atoms with Crippen molar-refractivity contribution in [3.05, 3.63) is 27.9 Å². The number of carbonyl (C=O) groups excluding carboxylic acids is 2. The van der Waals surface area contributed by atoms with E-state index in [1.807, 2.05) is 20.8 Å². The van der Waals surface area contributed by atoms with Gasteiger partial charge in [-0.1, -0.05) is 23.2 Å². The second-order valence-corrected chi connectivity index (χ2v) is 6.26. The van der Waals surface area contributed by atoms with Crippen molar-refractivity contribution in [2.75, 3.05) is 38.4 Å². The van der Waals surface area contributed by atoms with Crippen LogP contribution in [0.3, 0.4) is 0 Å². The Balaban J connectivity index is 0.000000646. The van der Waals surface area contributed by atoms with E-state index < -0.39 is 0 Å². The quantitative estimate of drug-likeness (QED) is 0.526. The van der Waals surface area contributed by atoms with Gasteiger partial charge < -0.3 is 20.1 Å². The largest absolute Gasteiger partial charge is 0.482 e. The second-order valence-electron chi connectivity index (χ2n) is 5.47. The number of hydrogen-bond acceptors (Lipinski definition) is 5. The minimum Gasteiger partial charge on any atom is -0.482 e. The van der Waals surface area contributed by atoms with Gasteiger partial charge in [0.15, 0.2) is 6.61 Å². The second kappa shape index (κ2) is 11.7. The maximum absolute atomic E-state index is 12.0. The van der Waals surface area contributed by atoms with Gasteiger partial charge in [-0.3, -0.25) is 14.5 Å². The van der Waals surface area contributed by atoms with Crippen LogP contribution >= 0.6 is 23.2 Å². The fourth-order valence-electron chi connectivity index (χ4n) is 2.27. The summed E-state index contributed by atoms with van der Waals surface area (Å²) in [6.07, 6.45) is 0.681. The Labute approximate surface area is 169 Å². The fourth-order valence-corrected chi connectivity index (χ4v) is 2.80. The highest BCUT2D eigenvalue weighted by Gasteiger charge is 2.27. The molecule has 1 heterocycles. The third kappa shape index (κ3) is 6.30. The molecule has 27 heavy (non-hydrogen) atoms. The zero-order valence-electron chi connectivity index (χ0n) is 15.9. The molecule has 0 saturated carbocycles. The summed E-state index contributed by atoms with van der Waals surface area (Å²) in [5, 5.41) is 6.51. The van der Waals surface area contributed by atoms with Gasteiger partial charge in [0.2, 0.25) is 6.41 Å². The highest BCUT2D eigenvalue weighted by molar-refractivity contribution is 6.35. The van der Waals surface area contributed by atoms with Crippen LogP contribution in [0, 0.1) is 0 Å². The van der Waals surface area contributed by atoms with E-state index in [9.17, 15) is 9.59 Å². The summed E-state index contributed by atoms with van der Waals surface area (Å²) in [6.45, 7) is 7.24. The number of ether oxygens (including phenoxy) is 2. The molecule has 0 bridgehead atoms. The summed E-state index contributed by atoms with van der Waals surface area (Å²) in [5.74, 6) is 0.389. The molecule has 0 saturated heterocycles. The van der Waals surface area contributed by atoms with Crippen molar-refractivity contribution >= 4 is 46.8 Å². The summed E-state index contributed by atoms with van der Waals surface area (Å²) in [6, 6.07) is 3.49. The van der Waals surface area contributed by atoms with Gasteiger partial charge >= 0.3 is 0 Å². The van der Waals surface area contributed by atoms with Gasteiger partial charge in [0.1, 0.15) is 17.6 Å². The molecule has 7 nitrogen and oxygen atoms in total. The zero-order chi connectivity index (χ0) is 20.4. The molecule has 1 aromatic rings. The summed E-state index contributed by atoms with van der Waals surface area (Å²) in [7, 11) is 1.53. The molecule has 2 amide bonds. The number of nitrogens with zero attached hydrogens (tertiary/aromatic N) is 1. The van der Waals surface area contributed by atoms with E-state index in [-0.39, 0.29) is 19.2 Å². The van der Waals surface area contributed by atoms with Crippen molar-refractivity contribution < 1.29 is 19.1 Å². The number of hydrogen-bond donors (Lipinski definition) is 2. The number of amides is 2. The molecule has 0 aromatic heterocycles. The number of fused-ring (bicyclic) bond motifs is 1. The van der Waals surface area contributed by atoms with E-state index in [1.165, 1.54) is 12.0 Å². The lowest BCUT2D eigenvalue weighted by molar-refractivity contribution is -0.122. The van der Waals surface area contributed by atoms with Gasteiger partial charge in [-0.05, 0) is 32.4 Å². The first-order valence-electron chi connectivity index (χ1n) is 8.44. The molecule has 0 fully saturated rings. The number of rotatable bonds is 7. The van der Waals surface area contributed by atoms with Crippen LogP contribution < -0.4 is 20.3 Å². The zero-order valence-corrected chi connectivity index (χ0v) is 17.4. The van der Waals surface area contributed by atoms with E-state index in [0.717, 1.165) is 17.7 Å². The van der Waals surface area contributed by atoms with E-state index in [4.69, 9.17) is 32.7 Å². The Hall–Kier alpha value is -1.96. The Morgan fingerprint density at radius 2 is 2.07 bits per heavy atom. The van der Waals surface area contributed by atoms with Crippen LogP contribution in [-0.4, -0.2) is 45.9 Å².